The molecule has 0 amide bonds. The average molecular weight is 200 g/mol. The van der Waals surface area contributed by atoms with Gasteiger partial charge < -0.3 is 0 Å². The molecule has 2 aromatic rings. The molecule has 0 saturated heterocycles. The smallest absolute Gasteiger partial charge is 0.167 e. The van der Waals surface area contributed by atoms with Crippen molar-refractivity contribution in [2.75, 3.05) is 0 Å². The molecule has 1 nitrogen and oxygen atoms in total. The van der Waals surface area contributed by atoms with Crippen LogP contribution < -0.4 is 4.57 Å². The minimum Gasteiger partial charge on any atom is -0.167 e. The Morgan fingerprint density at radius 1 is 0.800 bits per heavy atom. The third kappa shape index (κ3) is 3.21. The first-order valence-corrected chi connectivity index (χ1v) is 5.39. The van der Waals surface area contributed by atoms with Gasteiger partial charge in [0.2, 0.25) is 5.69 Å². The van der Waals surface area contributed by atoms with Crippen LogP contribution in [0.3, 0.4) is 0 Å². The second-order valence-electron chi connectivity index (χ2n) is 3.12. The van der Waals surface area contributed by atoms with Crippen LogP contribution in [0.2, 0.25) is 0 Å². The largest absolute Gasteiger partial charge is 0.210 e. The third-order valence-corrected chi connectivity index (χ3v) is 2.05. The van der Waals surface area contributed by atoms with E-state index in [0.717, 1.165) is 0 Å². The molecule has 2 rings (SSSR count). The molecule has 0 aliphatic rings. The number of hydrogen-bond donors (Lipinski definition) is 0. The minimum atomic E-state index is 1.20. The van der Waals surface area contributed by atoms with E-state index in [9.17, 15) is 0 Å². The summed E-state index contributed by atoms with van der Waals surface area (Å²) in [6.07, 6.45) is 4.15. The number of hydrogen-bond acceptors (Lipinski definition) is 0. The Hall–Kier alpha value is -1.63. The van der Waals surface area contributed by atoms with E-state index in [1.807, 2.05) is 32.0 Å². The van der Waals surface area contributed by atoms with Gasteiger partial charge in [-0.3, -0.25) is 0 Å². The van der Waals surface area contributed by atoms with Gasteiger partial charge >= 0.3 is 0 Å². The van der Waals surface area contributed by atoms with Crippen LogP contribution in [-0.4, -0.2) is 0 Å². The Labute approximate surface area is 92.0 Å². The lowest BCUT2D eigenvalue weighted by molar-refractivity contribution is -0.595. The maximum atomic E-state index is 2.10. The summed E-state index contributed by atoms with van der Waals surface area (Å²) in [5.74, 6) is 0. The molecule has 15 heavy (non-hydrogen) atoms. The van der Waals surface area contributed by atoms with E-state index in [4.69, 9.17) is 0 Å². The van der Waals surface area contributed by atoms with Gasteiger partial charge in [-0.05, 0) is 12.5 Å². The van der Waals surface area contributed by atoms with Crippen molar-refractivity contribution < 1.29 is 4.57 Å². The summed E-state index contributed by atoms with van der Waals surface area (Å²) < 4.78 is 2.10. The zero-order valence-corrected chi connectivity index (χ0v) is 9.64. The molecule has 0 aliphatic heterocycles. The summed E-state index contributed by atoms with van der Waals surface area (Å²) in [5.41, 5.74) is 2.48. The minimum absolute atomic E-state index is 1.20. The maximum absolute atomic E-state index is 2.10. The molecule has 0 saturated carbocycles. The summed E-state index contributed by atoms with van der Waals surface area (Å²) in [6, 6.07) is 14.5. The highest BCUT2D eigenvalue weighted by molar-refractivity contribution is 5.21. The van der Waals surface area contributed by atoms with Gasteiger partial charge in [-0.25, -0.2) is 0 Å². The van der Waals surface area contributed by atoms with Crippen molar-refractivity contribution in [2.45, 2.75) is 20.8 Å². The van der Waals surface area contributed by atoms with Crippen LogP contribution >= 0.6 is 0 Å². The van der Waals surface area contributed by atoms with Crippen LogP contribution in [0.4, 0.5) is 0 Å². The van der Waals surface area contributed by atoms with Crippen LogP contribution in [0.1, 0.15) is 19.4 Å². The number of rotatable bonds is 1. The van der Waals surface area contributed by atoms with Crippen LogP contribution in [0.25, 0.3) is 5.69 Å². The molecular weight excluding hydrogens is 182 g/mol. The summed E-state index contributed by atoms with van der Waals surface area (Å²) >= 11 is 0. The summed E-state index contributed by atoms with van der Waals surface area (Å²) in [6.45, 7) is 6.09. The van der Waals surface area contributed by atoms with E-state index in [1.165, 1.54) is 11.3 Å². The van der Waals surface area contributed by atoms with Crippen LogP contribution in [0.5, 0.6) is 0 Å². The van der Waals surface area contributed by atoms with Gasteiger partial charge in [0.15, 0.2) is 12.4 Å². The number of pyridine rings is 1. The van der Waals surface area contributed by atoms with E-state index in [0.29, 0.717) is 0 Å². The Balaban J connectivity index is 0.000000531. The van der Waals surface area contributed by atoms with Crippen molar-refractivity contribution in [3.8, 4) is 5.69 Å². The second kappa shape index (κ2) is 5.97. The number of nitrogens with zero attached hydrogens (tertiary/aromatic N) is 1. The number of aryl methyl sites for hydroxylation is 1. The monoisotopic (exact) mass is 200 g/mol. The van der Waals surface area contributed by atoms with Crippen molar-refractivity contribution in [1.29, 1.82) is 0 Å². The van der Waals surface area contributed by atoms with E-state index in [1.54, 1.807) is 0 Å². The van der Waals surface area contributed by atoms with Crippen molar-refractivity contribution in [1.82, 2.24) is 0 Å². The fraction of sp³-hybridized carbons (Fsp3) is 0.214. The molecule has 0 aliphatic carbocycles. The third-order valence-electron chi connectivity index (χ3n) is 2.05. The van der Waals surface area contributed by atoms with Gasteiger partial charge in [-0.1, -0.05) is 32.0 Å². The molecule has 1 heterocycles. The van der Waals surface area contributed by atoms with E-state index in [2.05, 4.69) is 48.1 Å². The van der Waals surface area contributed by atoms with Crippen molar-refractivity contribution in [2.24, 2.45) is 0 Å². The standard InChI is InChI=1S/C12H12N.C2H6/c1-11-7-9-13(10-8-11)12-5-3-2-4-6-12;1-2/h2-10H,1H3;1-2H3/q+1;. The van der Waals surface area contributed by atoms with E-state index in [-0.39, 0.29) is 0 Å². The molecule has 0 unspecified atom stereocenters. The van der Waals surface area contributed by atoms with Crippen LogP contribution in [0.15, 0.2) is 54.9 Å². The van der Waals surface area contributed by atoms with E-state index >= 15 is 0 Å². The molecule has 0 spiro atoms. The Morgan fingerprint density at radius 3 is 1.87 bits per heavy atom. The lowest BCUT2D eigenvalue weighted by Gasteiger charge is -1.94. The first-order valence-electron chi connectivity index (χ1n) is 5.39. The van der Waals surface area contributed by atoms with Gasteiger partial charge in [0.25, 0.3) is 0 Å². The van der Waals surface area contributed by atoms with Crippen molar-refractivity contribution >= 4 is 0 Å². The Bertz CT molecular complexity index is 376. The average Bonchev–Trinajstić information content (AvgIpc) is 2.34. The zero-order chi connectivity index (χ0) is 11.1. The van der Waals surface area contributed by atoms with Gasteiger partial charge in [-0.2, -0.15) is 4.57 Å². The molecule has 0 radical (unpaired) electrons. The number of para-hydroxylation sites is 1. The molecule has 78 valence electrons. The molecule has 1 aromatic carbocycles. The first-order chi connectivity index (χ1) is 7.36. The predicted molar refractivity (Wildman–Crippen MR) is 64.1 cm³/mol. The Kier molecular flexibility index (Phi) is 4.55. The van der Waals surface area contributed by atoms with Crippen LogP contribution in [0, 0.1) is 6.92 Å². The number of benzene rings is 1. The topological polar surface area (TPSA) is 3.88 Å². The molecule has 1 heteroatoms. The van der Waals surface area contributed by atoms with Crippen molar-refractivity contribution in [3.63, 3.8) is 0 Å². The number of aromatic nitrogens is 1. The quantitative estimate of drug-likeness (QED) is 0.622. The lowest BCUT2D eigenvalue weighted by atomic mass is 10.3. The fourth-order valence-electron chi connectivity index (χ4n) is 1.27. The maximum Gasteiger partial charge on any atom is 0.210 e. The molecular formula is C14H18N+. The highest BCUT2D eigenvalue weighted by Gasteiger charge is 2.01. The molecule has 0 fully saturated rings. The normalized spacial score (nSPS) is 9.00. The summed E-state index contributed by atoms with van der Waals surface area (Å²) in [5, 5.41) is 0. The lowest BCUT2D eigenvalue weighted by Crippen LogP contribution is -2.28. The zero-order valence-electron chi connectivity index (χ0n) is 9.64. The fourth-order valence-corrected chi connectivity index (χ4v) is 1.27. The predicted octanol–water partition coefficient (Wildman–Crippen LogP) is 3.30. The Morgan fingerprint density at radius 2 is 1.33 bits per heavy atom. The summed E-state index contributed by atoms with van der Waals surface area (Å²) in [4.78, 5) is 0. The first kappa shape index (κ1) is 11.4. The molecule has 1 aromatic heterocycles. The highest BCUT2D eigenvalue weighted by Crippen LogP contribution is 1.98. The second-order valence-corrected chi connectivity index (χ2v) is 3.12. The molecule has 0 N–H and O–H groups in total. The van der Waals surface area contributed by atoms with Crippen molar-refractivity contribution in [3.05, 3.63) is 60.4 Å². The molecule has 0 bridgehead atoms. The van der Waals surface area contributed by atoms with Gasteiger partial charge in [0.1, 0.15) is 0 Å². The van der Waals surface area contributed by atoms with Gasteiger partial charge in [-0.15, -0.1) is 0 Å². The SMILES string of the molecule is CC.Cc1cc[n+](-c2ccccc2)cc1. The van der Waals surface area contributed by atoms with Gasteiger partial charge in [0, 0.05) is 24.3 Å². The highest BCUT2D eigenvalue weighted by atomic mass is 14.9. The van der Waals surface area contributed by atoms with Gasteiger partial charge in [0.05, 0.1) is 0 Å². The van der Waals surface area contributed by atoms with E-state index < -0.39 is 0 Å². The molecule has 0 atom stereocenters. The summed E-state index contributed by atoms with van der Waals surface area (Å²) in [7, 11) is 0. The van der Waals surface area contributed by atoms with Crippen LogP contribution in [-0.2, 0) is 0 Å².